The third-order valence-corrected chi connectivity index (χ3v) is 2.59. The molecule has 0 saturated carbocycles. The van der Waals surface area contributed by atoms with Crippen LogP contribution < -0.4 is 5.32 Å². The fourth-order valence-corrected chi connectivity index (χ4v) is 0.994. The Morgan fingerprint density at radius 1 is 1.60 bits per heavy atom. The summed E-state index contributed by atoms with van der Waals surface area (Å²) in [6.45, 7) is 5.51. The summed E-state index contributed by atoms with van der Waals surface area (Å²) in [5.74, 6) is 1.09. The van der Waals surface area contributed by atoms with Crippen LogP contribution in [0.5, 0.6) is 0 Å². The van der Waals surface area contributed by atoms with E-state index in [1.54, 1.807) is 20.8 Å². The average molecular weight is 232 g/mol. The number of alkyl halides is 1. The number of carbonyl (C=O) groups is 1. The molecule has 1 heterocycles. The van der Waals surface area contributed by atoms with Crippen LogP contribution in [0, 0.1) is 12.3 Å². The number of amides is 1. The van der Waals surface area contributed by atoms with E-state index in [0.717, 1.165) is 0 Å². The van der Waals surface area contributed by atoms with Crippen molar-refractivity contribution in [2.45, 2.75) is 27.3 Å². The van der Waals surface area contributed by atoms with Crippen molar-refractivity contribution in [2.75, 3.05) is 5.88 Å². The predicted octanol–water partition coefficient (Wildman–Crippen LogP) is 1.26. The van der Waals surface area contributed by atoms with Crippen molar-refractivity contribution in [3.63, 3.8) is 0 Å². The minimum absolute atomic E-state index is 0.125. The molecule has 1 N–H and O–H groups in total. The van der Waals surface area contributed by atoms with E-state index in [1.807, 2.05) is 0 Å². The second-order valence-electron chi connectivity index (χ2n) is 3.93. The summed E-state index contributed by atoms with van der Waals surface area (Å²) in [6.07, 6.45) is 0. The Morgan fingerprint density at radius 2 is 2.27 bits per heavy atom. The van der Waals surface area contributed by atoms with E-state index in [0.29, 0.717) is 11.7 Å². The van der Waals surface area contributed by atoms with Crippen LogP contribution in [-0.4, -0.2) is 21.9 Å². The number of nitrogens with one attached hydrogen (secondary N) is 1. The summed E-state index contributed by atoms with van der Waals surface area (Å²) < 4.78 is 4.77. The van der Waals surface area contributed by atoms with Crippen molar-refractivity contribution in [1.29, 1.82) is 0 Å². The van der Waals surface area contributed by atoms with Gasteiger partial charge in [0, 0.05) is 12.8 Å². The lowest BCUT2D eigenvalue weighted by molar-refractivity contribution is -0.128. The van der Waals surface area contributed by atoms with Gasteiger partial charge in [-0.1, -0.05) is 5.16 Å². The molecule has 1 aromatic rings. The fourth-order valence-electron chi connectivity index (χ4n) is 0.872. The van der Waals surface area contributed by atoms with Crippen molar-refractivity contribution >= 4 is 17.5 Å². The topological polar surface area (TPSA) is 68.0 Å². The van der Waals surface area contributed by atoms with E-state index in [1.165, 1.54) is 0 Å². The lowest BCUT2D eigenvalue weighted by Gasteiger charge is -2.19. The molecule has 0 fully saturated rings. The number of nitrogens with zero attached hydrogens (tertiary/aromatic N) is 2. The minimum atomic E-state index is -0.583. The summed E-state index contributed by atoms with van der Waals surface area (Å²) >= 11 is 5.66. The Labute approximate surface area is 93.2 Å². The molecule has 0 radical (unpaired) electrons. The number of aryl methyl sites for hydroxylation is 1. The van der Waals surface area contributed by atoms with Gasteiger partial charge in [0.15, 0.2) is 5.82 Å². The van der Waals surface area contributed by atoms with Gasteiger partial charge in [0.05, 0.1) is 12.0 Å². The molecule has 1 aromatic heterocycles. The molecule has 1 amide bonds. The standard InChI is InChI=1S/C9H14ClN3O2/c1-6-12-7(13-15-6)4-11-8(14)9(2,3)5-10/h4-5H2,1-3H3,(H,11,14). The Bertz CT molecular complexity index is 349. The van der Waals surface area contributed by atoms with E-state index in [2.05, 4.69) is 15.5 Å². The highest BCUT2D eigenvalue weighted by Gasteiger charge is 2.26. The zero-order chi connectivity index (χ0) is 11.5. The van der Waals surface area contributed by atoms with Gasteiger partial charge in [-0.2, -0.15) is 4.98 Å². The third-order valence-electron chi connectivity index (χ3n) is 1.93. The van der Waals surface area contributed by atoms with Crippen LogP contribution in [0.4, 0.5) is 0 Å². The molecule has 6 heteroatoms. The van der Waals surface area contributed by atoms with Gasteiger partial charge in [-0.3, -0.25) is 4.79 Å². The van der Waals surface area contributed by atoms with Gasteiger partial charge >= 0.3 is 0 Å². The first kappa shape index (κ1) is 12.0. The lowest BCUT2D eigenvalue weighted by Crippen LogP contribution is -2.37. The summed E-state index contributed by atoms with van der Waals surface area (Å²) in [7, 11) is 0. The second-order valence-corrected chi connectivity index (χ2v) is 4.20. The van der Waals surface area contributed by atoms with Crippen LogP contribution >= 0.6 is 11.6 Å². The van der Waals surface area contributed by atoms with Crippen LogP contribution in [0.25, 0.3) is 0 Å². The van der Waals surface area contributed by atoms with Crippen molar-refractivity contribution < 1.29 is 9.32 Å². The third kappa shape index (κ3) is 3.20. The molecule has 1 rings (SSSR count). The summed E-state index contributed by atoms with van der Waals surface area (Å²) in [6, 6.07) is 0. The Hall–Kier alpha value is -1.10. The Morgan fingerprint density at radius 3 is 2.73 bits per heavy atom. The van der Waals surface area contributed by atoms with E-state index in [-0.39, 0.29) is 18.3 Å². The van der Waals surface area contributed by atoms with E-state index in [4.69, 9.17) is 16.1 Å². The number of aromatic nitrogens is 2. The number of carbonyl (C=O) groups excluding carboxylic acids is 1. The molecule has 84 valence electrons. The van der Waals surface area contributed by atoms with Gasteiger partial charge in [-0.15, -0.1) is 11.6 Å². The first-order valence-corrected chi connectivity index (χ1v) is 5.12. The molecule has 0 bridgehead atoms. The molecule has 15 heavy (non-hydrogen) atoms. The quantitative estimate of drug-likeness (QED) is 0.793. The van der Waals surface area contributed by atoms with Crippen LogP contribution in [0.15, 0.2) is 4.52 Å². The van der Waals surface area contributed by atoms with E-state index < -0.39 is 5.41 Å². The second kappa shape index (κ2) is 4.61. The number of hydrogen-bond acceptors (Lipinski definition) is 4. The molecule has 0 aliphatic rings. The molecule has 5 nitrogen and oxygen atoms in total. The fraction of sp³-hybridized carbons (Fsp3) is 0.667. The number of hydrogen-bond donors (Lipinski definition) is 1. The predicted molar refractivity (Wildman–Crippen MR) is 55.4 cm³/mol. The first-order chi connectivity index (χ1) is 6.95. The zero-order valence-electron chi connectivity index (χ0n) is 9.00. The van der Waals surface area contributed by atoms with E-state index in [9.17, 15) is 4.79 Å². The molecular weight excluding hydrogens is 218 g/mol. The SMILES string of the molecule is Cc1nc(CNC(=O)C(C)(C)CCl)no1. The van der Waals surface area contributed by atoms with Gasteiger partial charge in [0.25, 0.3) is 0 Å². The monoisotopic (exact) mass is 231 g/mol. The van der Waals surface area contributed by atoms with Crippen LogP contribution in [0.1, 0.15) is 25.6 Å². The van der Waals surface area contributed by atoms with Crippen molar-refractivity contribution in [1.82, 2.24) is 15.5 Å². The summed E-state index contributed by atoms with van der Waals surface area (Å²) in [5.41, 5.74) is -0.583. The summed E-state index contributed by atoms with van der Waals surface area (Å²) in [5, 5.41) is 6.36. The maximum atomic E-state index is 11.6. The minimum Gasteiger partial charge on any atom is -0.348 e. The highest BCUT2D eigenvalue weighted by atomic mass is 35.5. The average Bonchev–Trinajstić information content (AvgIpc) is 2.60. The van der Waals surface area contributed by atoms with Gasteiger partial charge in [-0.05, 0) is 13.8 Å². The van der Waals surface area contributed by atoms with Gasteiger partial charge in [0.1, 0.15) is 0 Å². The maximum Gasteiger partial charge on any atom is 0.227 e. The normalized spacial score (nSPS) is 11.5. The highest BCUT2D eigenvalue weighted by Crippen LogP contribution is 2.16. The van der Waals surface area contributed by atoms with Gasteiger partial charge < -0.3 is 9.84 Å². The molecular formula is C9H14ClN3O2. The van der Waals surface area contributed by atoms with E-state index >= 15 is 0 Å². The zero-order valence-corrected chi connectivity index (χ0v) is 9.76. The molecule has 0 aliphatic heterocycles. The van der Waals surface area contributed by atoms with Crippen LogP contribution in [-0.2, 0) is 11.3 Å². The number of rotatable bonds is 4. The molecule has 0 unspecified atom stereocenters. The smallest absolute Gasteiger partial charge is 0.227 e. The Kier molecular flexibility index (Phi) is 3.68. The molecule has 0 atom stereocenters. The van der Waals surface area contributed by atoms with Crippen molar-refractivity contribution in [3.8, 4) is 0 Å². The first-order valence-electron chi connectivity index (χ1n) is 4.59. The largest absolute Gasteiger partial charge is 0.348 e. The highest BCUT2D eigenvalue weighted by molar-refractivity contribution is 6.19. The maximum absolute atomic E-state index is 11.6. The van der Waals surface area contributed by atoms with Crippen LogP contribution in [0.2, 0.25) is 0 Å². The Balaban J connectivity index is 2.47. The molecule has 0 aromatic carbocycles. The van der Waals surface area contributed by atoms with Gasteiger partial charge in [0.2, 0.25) is 11.8 Å². The van der Waals surface area contributed by atoms with Crippen molar-refractivity contribution in [3.05, 3.63) is 11.7 Å². The van der Waals surface area contributed by atoms with Crippen molar-refractivity contribution in [2.24, 2.45) is 5.41 Å². The molecule has 0 saturated heterocycles. The van der Waals surface area contributed by atoms with Crippen LogP contribution in [0.3, 0.4) is 0 Å². The summed E-state index contributed by atoms with van der Waals surface area (Å²) in [4.78, 5) is 15.6. The van der Waals surface area contributed by atoms with Gasteiger partial charge in [-0.25, -0.2) is 0 Å². The lowest BCUT2D eigenvalue weighted by atomic mass is 9.95. The molecule has 0 aliphatic carbocycles. The molecule has 0 spiro atoms. The number of halogens is 1.